The summed E-state index contributed by atoms with van der Waals surface area (Å²) in [6.07, 6.45) is 3.92. The molecule has 0 aliphatic rings. The van der Waals surface area contributed by atoms with Crippen molar-refractivity contribution in [3.05, 3.63) is 36.0 Å². The minimum atomic E-state index is -0.719. The lowest BCUT2D eigenvalue weighted by Crippen LogP contribution is -2.02. The van der Waals surface area contributed by atoms with E-state index in [1.807, 2.05) is 24.4 Å². The van der Waals surface area contributed by atoms with Crippen molar-refractivity contribution in [3.8, 4) is 0 Å². The van der Waals surface area contributed by atoms with Gasteiger partial charge >= 0.3 is 5.97 Å². The van der Waals surface area contributed by atoms with Crippen molar-refractivity contribution >= 4 is 16.9 Å². The van der Waals surface area contributed by atoms with Gasteiger partial charge in [-0.3, -0.25) is 4.79 Å². The fourth-order valence-corrected chi connectivity index (χ4v) is 2.31. The molecule has 2 aromatic rings. The van der Waals surface area contributed by atoms with E-state index < -0.39 is 5.97 Å². The summed E-state index contributed by atoms with van der Waals surface area (Å²) in [7, 11) is 0. The van der Waals surface area contributed by atoms with E-state index in [0.717, 1.165) is 11.9 Å². The number of aromatic nitrogens is 1. The molecule has 0 amide bonds. The largest absolute Gasteiger partial charge is 0.481 e. The van der Waals surface area contributed by atoms with Gasteiger partial charge in [-0.2, -0.15) is 0 Å². The molecule has 1 aromatic carbocycles. The van der Waals surface area contributed by atoms with Crippen LogP contribution >= 0.6 is 0 Å². The number of H-pyrrole nitrogens is 1. The molecule has 0 aliphatic carbocycles. The third-order valence-electron chi connectivity index (χ3n) is 3.26. The van der Waals surface area contributed by atoms with Crippen LogP contribution in [-0.2, 0) is 4.79 Å². The number of carbonyl (C=O) groups is 1. The summed E-state index contributed by atoms with van der Waals surface area (Å²) in [5.41, 5.74) is 2.36. The first kappa shape index (κ1) is 11.7. The molecule has 0 radical (unpaired) electrons. The van der Waals surface area contributed by atoms with E-state index in [-0.39, 0.29) is 6.42 Å². The van der Waals surface area contributed by atoms with Crippen LogP contribution in [0.25, 0.3) is 10.9 Å². The molecule has 0 saturated carbocycles. The van der Waals surface area contributed by atoms with E-state index in [0.29, 0.717) is 12.3 Å². The fourth-order valence-electron chi connectivity index (χ4n) is 2.31. The van der Waals surface area contributed by atoms with Crippen LogP contribution in [0.5, 0.6) is 0 Å². The van der Waals surface area contributed by atoms with Crippen LogP contribution < -0.4 is 0 Å². The number of aliphatic carboxylic acids is 1. The quantitative estimate of drug-likeness (QED) is 0.827. The van der Waals surface area contributed by atoms with Gasteiger partial charge in [-0.25, -0.2) is 0 Å². The van der Waals surface area contributed by atoms with Crippen LogP contribution in [0.2, 0.25) is 0 Å². The molecule has 1 unspecified atom stereocenters. The third kappa shape index (κ3) is 2.49. The summed E-state index contributed by atoms with van der Waals surface area (Å²) >= 11 is 0. The maximum absolute atomic E-state index is 10.6. The number of carboxylic acid groups (broad SMARTS) is 1. The molecule has 17 heavy (non-hydrogen) atoms. The van der Waals surface area contributed by atoms with E-state index in [1.54, 1.807) is 0 Å². The lowest BCUT2D eigenvalue weighted by Gasteiger charge is -2.12. The second-order valence-electron chi connectivity index (χ2n) is 4.33. The maximum atomic E-state index is 10.6. The SMILES string of the molecule is CCC(CCC(=O)O)c1c[nH]c2ccccc12. The molecule has 1 heterocycles. The van der Waals surface area contributed by atoms with Gasteiger partial charge in [0.15, 0.2) is 0 Å². The van der Waals surface area contributed by atoms with Crippen LogP contribution in [0.15, 0.2) is 30.5 Å². The molecule has 0 spiro atoms. The molecule has 3 nitrogen and oxygen atoms in total. The lowest BCUT2D eigenvalue weighted by atomic mass is 9.91. The predicted molar refractivity (Wildman–Crippen MR) is 68.2 cm³/mol. The Labute approximate surface area is 100 Å². The Balaban J connectivity index is 2.27. The first-order chi connectivity index (χ1) is 8.22. The number of carboxylic acids is 1. The molecule has 1 aromatic heterocycles. The standard InChI is InChI=1S/C14H17NO2/c1-2-10(7-8-14(16)17)12-9-15-13-6-4-3-5-11(12)13/h3-6,9-10,15H,2,7-8H2,1H3,(H,16,17). The minimum absolute atomic E-state index is 0.234. The highest BCUT2D eigenvalue weighted by atomic mass is 16.4. The predicted octanol–water partition coefficient (Wildman–Crippen LogP) is 3.53. The molecule has 1 atom stereocenters. The molecular formula is C14H17NO2. The van der Waals surface area contributed by atoms with E-state index in [1.165, 1.54) is 10.9 Å². The Kier molecular flexibility index (Phi) is 3.47. The first-order valence-corrected chi connectivity index (χ1v) is 6.00. The van der Waals surface area contributed by atoms with Crippen LogP contribution in [0, 0.1) is 0 Å². The smallest absolute Gasteiger partial charge is 0.303 e. The van der Waals surface area contributed by atoms with Gasteiger partial charge < -0.3 is 10.1 Å². The van der Waals surface area contributed by atoms with Crippen molar-refractivity contribution in [1.82, 2.24) is 4.98 Å². The minimum Gasteiger partial charge on any atom is -0.481 e. The summed E-state index contributed by atoms with van der Waals surface area (Å²) in [6, 6.07) is 8.15. The topological polar surface area (TPSA) is 53.1 Å². The van der Waals surface area contributed by atoms with Gasteiger partial charge in [-0.15, -0.1) is 0 Å². The van der Waals surface area contributed by atoms with Gasteiger partial charge in [-0.05, 0) is 30.4 Å². The van der Waals surface area contributed by atoms with E-state index in [2.05, 4.69) is 18.0 Å². The van der Waals surface area contributed by atoms with Crippen LogP contribution in [0.3, 0.4) is 0 Å². The highest BCUT2D eigenvalue weighted by molar-refractivity contribution is 5.83. The Morgan fingerprint density at radius 2 is 2.18 bits per heavy atom. The van der Waals surface area contributed by atoms with Crippen molar-refractivity contribution < 1.29 is 9.90 Å². The van der Waals surface area contributed by atoms with Crippen molar-refractivity contribution in [2.45, 2.75) is 32.1 Å². The molecule has 0 aliphatic heterocycles. The van der Waals surface area contributed by atoms with Gasteiger partial charge in [0.1, 0.15) is 0 Å². The zero-order valence-corrected chi connectivity index (χ0v) is 9.94. The molecule has 0 bridgehead atoms. The second kappa shape index (κ2) is 5.04. The molecule has 3 heteroatoms. The van der Waals surface area contributed by atoms with Gasteiger partial charge in [0.2, 0.25) is 0 Å². The highest BCUT2D eigenvalue weighted by Gasteiger charge is 2.15. The number of hydrogen-bond acceptors (Lipinski definition) is 1. The summed E-state index contributed by atoms with van der Waals surface area (Å²) in [5, 5.41) is 9.97. The number of fused-ring (bicyclic) bond motifs is 1. The van der Waals surface area contributed by atoms with Crippen molar-refractivity contribution in [1.29, 1.82) is 0 Å². The number of para-hydroxylation sites is 1. The Hall–Kier alpha value is -1.77. The van der Waals surface area contributed by atoms with Gasteiger partial charge in [0.25, 0.3) is 0 Å². The van der Waals surface area contributed by atoms with E-state index >= 15 is 0 Å². The molecule has 2 N–H and O–H groups in total. The zero-order valence-electron chi connectivity index (χ0n) is 9.94. The summed E-state index contributed by atoms with van der Waals surface area (Å²) in [5.74, 6) is -0.398. The lowest BCUT2D eigenvalue weighted by molar-refractivity contribution is -0.137. The first-order valence-electron chi connectivity index (χ1n) is 6.00. The summed E-state index contributed by atoms with van der Waals surface area (Å²) in [6.45, 7) is 2.11. The van der Waals surface area contributed by atoms with E-state index in [9.17, 15) is 4.79 Å². The number of rotatable bonds is 5. The zero-order chi connectivity index (χ0) is 12.3. The van der Waals surface area contributed by atoms with Crippen molar-refractivity contribution in [3.63, 3.8) is 0 Å². The van der Waals surface area contributed by atoms with Crippen LogP contribution in [0.4, 0.5) is 0 Å². The average Bonchev–Trinajstić information content (AvgIpc) is 2.74. The normalized spacial score (nSPS) is 12.8. The Morgan fingerprint density at radius 3 is 2.88 bits per heavy atom. The number of benzene rings is 1. The second-order valence-corrected chi connectivity index (χ2v) is 4.33. The summed E-state index contributed by atoms with van der Waals surface area (Å²) in [4.78, 5) is 13.9. The maximum Gasteiger partial charge on any atom is 0.303 e. The third-order valence-corrected chi connectivity index (χ3v) is 3.26. The van der Waals surface area contributed by atoms with Crippen LogP contribution in [-0.4, -0.2) is 16.1 Å². The van der Waals surface area contributed by atoms with Crippen molar-refractivity contribution in [2.75, 3.05) is 0 Å². The van der Waals surface area contributed by atoms with Crippen molar-refractivity contribution in [2.24, 2.45) is 0 Å². The van der Waals surface area contributed by atoms with Gasteiger partial charge in [0, 0.05) is 23.5 Å². The molecule has 2 rings (SSSR count). The van der Waals surface area contributed by atoms with Gasteiger partial charge in [-0.1, -0.05) is 25.1 Å². The van der Waals surface area contributed by atoms with Crippen LogP contribution in [0.1, 0.15) is 37.7 Å². The Bertz CT molecular complexity index is 516. The summed E-state index contributed by atoms with van der Waals surface area (Å²) < 4.78 is 0. The molecule has 90 valence electrons. The van der Waals surface area contributed by atoms with Gasteiger partial charge in [0.05, 0.1) is 0 Å². The van der Waals surface area contributed by atoms with E-state index in [4.69, 9.17) is 5.11 Å². The number of nitrogens with one attached hydrogen (secondary N) is 1. The Morgan fingerprint density at radius 1 is 1.41 bits per heavy atom. The number of aromatic amines is 1. The highest BCUT2D eigenvalue weighted by Crippen LogP contribution is 2.30. The number of hydrogen-bond donors (Lipinski definition) is 2. The fraction of sp³-hybridized carbons (Fsp3) is 0.357. The molecular weight excluding hydrogens is 214 g/mol. The average molecular weight is 231 g/mol. The monoisotopic (exact) mass is 231 g/mol. The molecule has 0 fully saturated rings. The molecule has 0 saturated heterocycles.